The first-order chi connectivity index (χ1) is 17.6. The molecule has 2 N–H and O–H groups in total. The molecule has 7 nitrogen and oxygen atoms in total. The van der Waals surface area contributed by atoms with Crippen LogP contribution in [0, 0.1) is 29.5 Å². The first kappa shape index (κ1) is 22.5. The summed E-state index contributed by atoms with van der Waals surface area (Å²) in [7, 11) is 0. The van der Waals surface area contributed by atoms with Gasteiger partial charge in [-0.05, 0) is 60.6 Å². The summed E-state index contributed by atoms with van der Waals surface area (Å²) in [5.41, 5.74) is 4.44. The molecule has 1 aliphatic rings. The van der Waals surface area contributed by atoms with Gasteiger partial charge in [0.05, 0.1) is 36.4 Å². The van der Waals surface area contributed by atoms with Crippen LogP contribution in [0.25, 0.3) is 10.9 Å². The van der Waals surface area contributed by atoms with Gasteiger partial charge < -0.3 is 10.6 Å². The van der Waals surface area contributed by atoms with Crippen LogP contribution < -0.4 is 10.6 Å². The van der Waals surface area contributed by atoms with Crippen molar-refractivity contribution >= 4 is 22.3 Å². The molecule has 0 spiro atoms. The predicted octanol–water partition coefficient (Wildman–Crippen LogP) is 6.14. The van der Waals surface area contributed by atoms with Crippen LogP contribution in [0.2, 0.25) is 0 Å². The Kier molecular flexibility index (Phi) is 5.76. The highest BCUT2D eigenvalue weighted by molar-refractivity contribution is 5.97. The number of aromatic nitrogens is 4. The van der Waals surface area contributed by atoms with E-state index in [1.54, 1.807) is 29.2 Å². The summed E-state index contributed by atoms with van der Waals surface area (Å²) < 4.78 is 25.1. The lowest BCUT2D eigenvalue weighted by Gasteiger charge is -2.22. The molecule has 5 rings (SSSR count). The highest BCUT2D eigenvalue weighted by atomic mass is 19.1. The molecule has 2 aromatic carbocycles. The monoisotopic (exact) mass is 484 g/mol. The molecule has 36 heavy (non-hydrogen) atoms. The van der Waals surface area contributed by atoms with E-state index in [0.29, 0.717) is 40.8 Å². The van der Waals surface area contributed by atoms with Crippen LogP contribution >= 0.6 is 0 Å². The van der Waals surface area contributed by atoms with Crippen LogP contribution in [0.4, 0.5) is 15.8 Å². The number of hydrogen-bond donors (Lipinski definition) is 2. The van der Waals surface area contributed by atoms with Gasteiger partial charge in [-0.1, -0.05) is 38.1 Å². The van der Waals surface area contributed by atoms with E-state index in [2.05, 4.69) is 52.8 Å². The zero-order chi connectivity index (χ0) is 26.4. The second-order valence-electron chi connectivity index (χ2n) is 10.6. The molecule has 1 atom stereocenters. The average molecular weight is 485 g/mol. The Morgan fingerprint density at radius 1 is 1.25 bits per heavy atom. The number of benzene rings is 2. The quantitative estimate of drug-likeness (QED) is 0.327. The van der Waals surface area contributed by atoms with Gasteiger partial charge in [0, 0.05) is 23.8 Å². The highest BCUT2D eigenvalue weighted by Crippen LogP contribution is 2.36. The molecular weight excluding hydrogens is 453 g/mol. The number of hydrogen-bond acceptors (Lipinski definition) is 6. The largest absolute Gasteiger partial charge is 0.383 e. The molecule has 4 aromatic rings. The minimum atomic E-state index is -1.53. The maximum Gasteiger partial charge on any atom is 0.123 e. The number of rotatable bonds is 7. The van der Waals surface area contributed by atoms with Crippen molar-refractivity contribution in [2.75, 3.05) is 17.2 Å². The summed E-state index contributed by atoms with van der Waals surface area (Å²) >= 11 is 0. The molecular formula is C28H30FN7. The second kappa shape index (κ2) is 9.23. The zero-order valence-electron chi connectivity index (χ0n) is 21.9. The third-order valence-electron chi connectivity index (χ3n) is 6.17. The highest BCUT2D eigenvalue weighted by Gasteiger charge is 2.27. The first-order valence-corrected chi connectivity index (χ1v) is 12.1. The number of pyridine rings is 1. The fourth-order valence-electron chi connectivity index (χ4n) is 4.13. The minimum absolute atomic E-state index is 0.000473. The number of anilines is 2. The lowest BCUT2D eigenvalue weighted by molar-refractivity contribution is 0.443. The lowest BCUT2D eigenvalue weighted by Crippen LogP contribution is -2.20. The SMILES string of the molecule is [2H]C(Nc1cc(C)c2ncc(C#N)c(NCC(C)(C)C)c2c1)(c1ccc(F)cc1)c1cn(C2CC2)nn1. The number of aryl methyl sites for hydroxylation is 1. The Bertz CT molecular complexity index is 1500. The van der Waals surface area contributed by atoms with E-state index in [-0.39, 0.29) is 11.2 Å². The number of nitrogens with zero attached hydrogens (tertiary/aromatic N) is 5. The van der Waals surface area contributed by atoms with Gasteiger partial charge in [-0.15, -0.1) is 5.10 Å². The van der Waals surface area contributed by atoms with Crippen LogP contribution in [0.15, 0.2) is 48.8 Å². The zero-order valence-corrected chi connectivity index (χ0v) is 20.9. The van der Waals surface area contributed by atoms with Gasteiger partial charge in [0.25, 0.3) is 0 Å². The van der Waals surface area contributed by atoms with Crippen molar-refractivity contribution in [1.82, 2.24) is 20.0 Å². The predicted molar refractivity (Wildman–Crippen MR) is 139 cm³/mol. The molecule has 0 radical (unpaired) electrons. The third-order valence-corrected chi connectivity index (χ3v) is 6.17. The number of nitriles is 1. The Labute approximate surface area is 211 Å². The van der Waals surface area contributed by atoms with Crippen LogP contribution in [0.1, 0.15) is 69.4 Å². The molecule has 1 fully saturated rings. The van der Waals surface area contributed by atoms with Crippen molar-refractivity contribution in [2.24, 2.45) is 5.41 Å². The summed E-state index contributed by atoms with van der Waals surface area (Å²) in [6.07, 6.45) is 5.47. The van der Waals surface area contributed by atoms with Gasteiger partial charge >= 0.3 is 0 Å². The van der Waals surface area contributed by atoms with Gasteiger partial charge in [-0.25, -0.2) is 9.07 Å². The maximum atomic E-state index is 13.8. The maximum absolute atomic E-state index is 13.8. The van der Waals surface area contributed by atoms with Crippen LogP contribution in [-0.4, -0.2) is 26.5 Å². The minimum Gasteiger partial charge on any atom is -0.383 e. The van der Waals surface area contributed by atoms with E-state index in [9.17, 15) is 11.0 Å². The summed E-state index contributed by atoms with van der Waals surface area (Å²) in [4.78, 5) is 4.55. The van der Waals surface area contributed by atoms with E-state index in [1.807, 2.05) is 19.1 Å². The summed E-state index contributed by atoms with van der Waals surface area (Å²) in [6.45, 7) is 8.99. The Balaban J connectivity index is 1.62. The van der Waals surface area contributed by atoms with Crippen molar-refractivity contribution in [3.8, 4) is 6.07 Å². The van der Waals surface area contributed by atoms with E-state index < -0.39 is 6.02 Å². The topological polar surface area (TPSA) is 91.5 Å². The molecule has 2 heterocycles. The molecule has 1 unspecified atom stereocenters. The van der Waals surface area contributed by atoms with E-state index in [0.717, 1.165) is 29.3 Å². The molecule has 2 aromatic heterocycles. The van der Waals surface area contributed by atoms with Crippen LogP contribution in [-0.2, 0) is 0 Å². The summed E-state index contributed by atoms with van der Waals surface area (Å²) in [5, 5.41) is 25.9. The van der Waals surface area contributed by atoms with Crippen molar-refractivity contribution in [3.05, 3.63) is 77.0 Å². The molecule has 0 amide bonds. The Hall–Kier alpha value is -3.99. The first-order valence-electron chi connectivity index (χ1n) is 12.6. The molecule has 1 aliphatic carbocycles. The van der Waals surface area contributed by atoms with E-state index >= 15 is 0 Å². The molecule has 184 valence electrons. The van der Waals surface area contributed by atoms with E-state index in [1.165, 1.54) is 12.1 Å². The fraction of sp³-hybridized carbons (Fsp3) is 0.357. The second-order valence-corrected chi connectivity index (χ2v) is 10.6. The number of halogens is 1. The number of nitrogens with one attached hydrogen (secondary N) is 2. The molecule has 0 saturated heterocycles. The molecule has 8 heteroatoms. The van der Waals surface area contributed by atoms with Gasteiger partial charge in [-0.3, -0.25) is 4.98 Å². The Morgan fingerprint density at radius 2 is 2.00 bits per heavy atom. The van der Waals surface area contributed by atoms with Crippen LogP contribution in [0.5, 0.6) is 0 Å². The Morgan fingerprint density at radius 3 is 2.67 bits per heavy atom. The van der Waals surface area contributed by atoms with Crippen molar-refractivity contribution in [3.63, 3.8) is 0 Å². The lowest BCUT2D eigenvalue weighted by atomic mass is 9.96. The van der Waals surface area contributed by atoms with Crippen molar-refractivity contribution < 1.29 is 5.76 Å². The van der Waals surface area contributed by atoms with Gasteiger partial charge in [0.2, 0.25) is 0 Å². The summed E-state index contributed by atoms with van der Waals surface area (Å²) in [6, 6.07) is 10.7. The van der Waals surface area contributed by atoms with Crippen LogP contribution in [0.3, 0.4) is 0 Å². The van der Waals surface area contributed by atoms with Gasteiger partial charge in [0.1, 0.15) is 17.6 Å². The smallest absolute Gasteiger partial charge is 0.123 e. The van der Waals surface area contributed by atoms with Crippen molar-refractivity contribution in [2.45, 2.75) is 52.6 Å². The van der Waals surface area contributed by atoms with E-state index in [4.69, 9.17) is 0 Å². The molecule has 0 bridgehead atoms. The third kappa shape index (κ3) is 5.01. The fourth-order valence-corrected chi connectivity index (χ4v) is 4.13. The molecule has 1 saturated carbocycles. The standard InChI is InChI=1S/C28H30FN7/c1-17-11-21(12-23-25(17)31-14-19(13-30)26(23)32-16-28(2,3)4)33-27(18-5-7-20(29)8-6-18)24-15-36(35-34-24)22-9-10-22/h5-8,11-12,14-15,22,27,33H,9-10,16H2,1-4H3,(H,31,32)/i27D. The average Bonchev–Trinajstić information content (AvgIpc) is 3.58. The molecule has 0 aliphatic heterocycles. The number of fused-ring (bicyclic) bond motifs is 1. The normalized spacial score (nSPS) is 15.7. The van der Waals surface area contributed by atoms with Crippen molar-refractivity contribution in [1.29, 1.82) is 5.26 Å². The van der Waals surface area contributed by atoms with Gasteiger partial charge in [-0.2, -0.15) is 5.26 Å². The van der Waals surface area contributed by atoms with Gasteiger partial charge in [0.15, 0.2) is 0 Å². The summed E-state index contributed by atoms with van der Waals surface area (Å²) in [5.74, 6) is -0.376.